The van der Waals surface area contributed by atoms with E-state index < -0.39 is 0 Å². The highest BCUT2D eigenvalue weighted by molar-refractivity contribution is 8.03. The molecule has 0 radical (unpaired) electrons. The van der Waals surface area contributed by atoms with Crippen molar-refractivity contribution in [3.63, 3.8) is 0 Å². The first-order valence-corrected chi connectivity index (χ1v) is 6.82. The zero-order chi connectivity index (χ0) is 12.4. The molecule has 0 aromatic carbocycles. The molecule has 0 atom stereocenters. The summed E-state index contributed by atoms with van der Waals surface area (Å²) in [6, 6.07) is 0. The number of hydrogen-bond donors (Lipinski definition) is 0. The van der Waals surface area contributed by atoms with Crippen LogP contribution in [0.25, 0.3) is 0 Å². The molecule has 2 aliphatic heterocycles. The summed E-state index contributed by atoms with van der Waals surface area (Å²) in [5, 5.41) is 1.39. The zero-order valence-corrected chi connectivity index (χ0v) is 11.4. The van der Waals surface area contributed by atoms with Gasteiger partial charge in [-0.15, -0.1) is 11.8 Å². The number of thioether (sulfide) groups is 1. The van der Waals surface area contributed by atoms with E-state index in [0.717, 1.165) is 17.3 Å². The topological polar surface area (TPSA) is 32.8 Å². The number of carbonyl (C=O) groups excluding carboxylic acids is 1. The first-order valence-electron chi connectivity index (χ1n) is 5.43. The van der Waals surface area contributed by atoms with E-state index in [2.05, 4.69) is 4.90 Å². The highest BCUT2D eigenvalue weighted by Gasteiger charge is 2.31. The molecule has 0 bridgehead atoms. The number of likely N-dealkylation sites (N-methyl/N-ethyl adjacent to an activating group) is 1. The third kappa shape index (κ3) is 2.47. The van der Waals surface area contributed by atoms with Crippen molar-refractivity contribution >= 4 is 35.1 Å². The number of allylic oxidation sites excluding steroid dienone is 2. The molecule has 2 rings (SSSR count). The van der Waals surface area contributed by atoms with Gasteiger partial charge in [-0.3, -0.25) is 9.69 Å². The summed E-state index contributed by atoms with van der Waals surface area (Å²) >= 11 is 6.74. The lowest BCUT2D eigenvalue weighted by Crippen LogP contribution is -2.27. The summed E-state index contributed by atoms with van der Waals surface area (Å²) < 4.78 is 5.27. The molecule has 0 aromatic heterocycles. The Balaban J connectivity index is 2.13. The fourth-order valence-corrected chi connectivity index (χ4v) is 2.97. The molecule has 0 N–H and O–H groups in total. The van der Waals surface area contributed by atoms with E-state index in [-0.39, 0.29) is 11.1 Å². The minimum Gasteiger partial charge on any atom is -0.426 e. The van der Waals surface area contributed by atoms with Gasteiger partial charge in [-0.1, -0.05) is 0 Å². The molecule has 17 heavy (non-hydrogen) atoms. The Hall–Kier alpha value is -1.01. The van der Waals surface area contributed by atoms with Gasteiger partial charge in [0.25, 0.3) is 11.1 Å². The monoisotopic (exact) mass is 270 g/mol. The summed E-state index contributed by atoms with van der Waals surface area (Å²) in [4.78, 5) is 15.4. The van der Waals surface area contributed by atoms with Crippen molar-refractivity contribution in [3.8, 4) is 0 Å². The Bertz CT molecular complexity index is 418. The predicted octanol–water partition coefficient (Wildman–Crippen LogP) is 1.55. The molecule has 0 aromatic rings. The SMILES string of the molecule is CCN1C(=O)C(=CC=C2SCCN2C)OC1=S. The maximum Gasteiger partial charge on any atom is 0.297 e. The van der Waals surface area contributed by atoms with E-state index in [1.54, 1.807) is 17.8 Å². The van der Waals surface area contributed by atoms with Crippen LogP contribution in [0.3, 0.4) is 0 Å². The van der Waals surface area contributed by atoms with Crippen molar-refractivity contribution in [3.05, 3.63) is 22.9 Å². The molecule has 0 unspecified atom stereocenters. The van der Waals surface area contributed by atoms with Gasteiger partial charge >= 0.3 is 0 Å². The van der Waals surface area contributed by atoms with E-state index in [1.165, 1.54) is 4.90 Å². The van der Waals surface area contributed by atoms with Crippen molar-refractivity contribution in [1.82, 2.24) is 9.80 Å². The number of carbonyl (C=O) groups is 1. The first-order chi connectivity index (χ1) is 8.13. The van der Waals surface area contributed by atoms with Gasteiger partial charge in [-0.2, -0.15) is 0 Å². The van der Waals surface area contributed by atoms with Crippen LogP contribution in [0.2, 0.25) is 0 Å². The van der Waals surface area contributed by atoms with Crippen LogP contribution >= 0.6 is 24.0 Å². The average Bonchev–Trinajstić information content (AvgIpc) is 2.81. The van der Waals surface area contributed by atoms with E-state index in [1.807, 2.05) is 20.0 Å². The Morgan fingerprint density at radius 1 is 1.53 bits per heavy atom. The second kappa shape index (κ2) is 5.10. The molecule has 2 fully saturated rings. The summed E-state index contributed by atoms with van der Waals surface area (Å²) in [6.07, 6.45) is 3.61. The van der Waals surface area contributed by atoms with Gasteiger partial charge in [0, 0.05) is 25.9 Å². The third-order valence-electron chi connectivity index (χ3n) is 2.62. The fraction of sp³-hybridized carbons (Fsp3) is 0.455. The highest BCUT2D eigenvalue weighted by Crippen LogP contribution is 2.26. The van der Waals surface area contributed by atoms with Crippen LogP contribution in [0.1, 0.15) is 6.92 Å². The van der Waals surface area contributed by atoms with Gasteiger partial charge < -0.3 is 9.64 Å². The van der Waals surface area contributed by atoms with E-state index in [0.29, 0.717) is 12.3 Å². The molecule has 0 aliphatic carbocycles. The molecule has 4 nitrogen and oxygen atoms in total. The van der Waals surface area contributed by atoms with Crippen LogP contribution in [-0.2, 0) is 9.53 Å². The van der Waals surface area contributed by atoms with Gasteiger partial charge in [0.05, 0.1) is 5.03 Å². The minimum absolute atomic E-state index is 0.153. The number of thiocarbonyl (C=S) groups is 1. The van der Waals surface area contributed by atoms with Gasteiger partial charge in [0.2, 0.25) is 0 Å². The Morgan fingerprint density at radius 2 is 2.29 bits per heavy atom. The van der Waals surface area contributed by atoms with Gasteiger partial charge in [0.15, 0.2) is 5.76 Å². The molecule has 1 amide bonds. The summed E-state index contributed by atoms with van der Waals surface area (Å²) in [7, 11) is 2.03. The normalized spacial score (nSPS) is 25.3. The van der Waals surface area contributed by atoms with Crippen LogP contribution in [0.15, 0.2) is 22.9 Å². The quantitative estimate of drug-likeness (QED) is 0.561. The Labute approximate surface area is 110 Å². The molecular weight excluding hydrogens is 256 g/mol. The molecule has 2 aliphatic rings. The fourth-order valence-electron chi connectivity index (χ4n) is 1.62. The maximum absolute atomic E-state index is 11.8. The Kier molecular flexibility index (Phi) is 3.73. The van der Waals surface area contributed by atoms with E-state index >= 15 is 0 Å². The molecule has 0 spiro atoms. The van der Waals surface area contributed by atoms with Crippen molar-refractivity contribution in [1.29, 1.82) is 0 Å². The lowest BCUT2D eigenvalue weighted by atomic mass is 10.4. The van der Waals surface area contributed by atoms with Crippen LogP contribution in [0.5, 0.6) is 0 Å². The van der Waals surface area contributed by atoms with Crippen LogP contribution in [-0.4, -0.2) is 46.8 Å². The largest absolute Gasteiger partial charge is 0.426 e. The molecular formula is C11H14N2O2S2. The first kappa shape index (κ1) is 12.4. The third-order valence-corrected chi connectivity index (χ3v) is 4.05. The van der Waals surface area contributed by atoms with E-state index in [4.69, 9.17) is 17.0 Å². The van der Waals surface area contributed by atoms with Gasteiger partial charge in [0.1, 0.15) is 0 Å². The summed E-state index contributed by atoms with van der Waals surface area (Å²) in [5.74, 6) is 1.24. The molecule has 92 valence electrons. The zero-order valence-electron chi connectivity index (χ0n) is 9.80. The van der Waals surface area contributed by atoms with Gasteiger partial charge in [-0.05, 0) is 31.3 Å². The molecule has 6 heteroatoms. The standard InChI is InChI=1S/C11H14N2O2S2/c1-3-13-10(14)8(15-11(13)16)4-5-9-12(2)6-7-17-9/h4-5H,3,6-7H2,1-2H3. The number of rotatable bonds is 2. The van der Waals surface area contributed by atoms with Crippen molar-refractivity contribution in [2.75, 3.05) is 25.9 Å². The predicted molar refractivity (Wildman–Crippen MR) is 72.3 cm³/mol. The number of hydrogen-bond acceptors (Lipinski definition) is 5. The average molecular weight is 270 g/mol. The van der Waals surface area contributed by atoms with Crippen LogP contribution in [0, 0.1) is 0 Å². The molecule has 0 saturated carbocycles. The van der Waals surface area contributed by atoms with Gasteiger partial charge in [-0.25, -0.2) is 0 Å². The second-order valence-electron chi connectivity index (χ2n) is 3.72. The summed E-state index contributed by atoms with van der Waals surface area (Å²) in [6.45, 7) is 3.45. The lowest BCUT2D eigenvalue weighted by Gasteiger charge is -2.09. The molecule has 2 heterocycles. The van der Waals surface area contributed by atoms with Crippen LogP contribution in [0.4, 0.5) is 0 Å². The molecule has 2 saturated heterocycles. The van der Waals surface area contributed by atoms with Crippen molar-refractivity contribution in [2.45, 2.75) is 6.92 Å². The number of amides is 1. The summed E-state index contributed by atoms with van der Waals surface area (Å²) in [5.41, 5.74) is 0. The van der Waals surface area contributed by atoms with E-state index in [9.17, 15) is 4.79 Å². The van der Waals surface area contributed by atoms with Crippen LogP contribution < -0.4 is 0 Å². The lowest BCUT2D eigenvalue weighted by molar-refractivity contribution is -0.122. The minimum atomic E-state index is -0.153. The highest BCUT2D eigenvalue weighted by atomic mass is 32.2. The maximum atomic E-state index is 11.8. The second-order valence-corrected chi connectivity index (χ2v) is 5.19. The van der Waals surface area contributed by atoms with Crippen molar-refractivity contribution < 1.29 is 9.53 Å². The Morgan fingerprint density at radius 3 is 2.82 bits per heavy atom. The number of nitrogens with zero attached hydrogens (tertiary/aromatic N) is 2. The van der Waals surface area contributed by atoms with Crippen molar-refractivity contribution in [2.24, 2.45) is 0 Å². The number of ether oxygens (including phenoxy) is 1. The smallest absolute Gasteiger partial charge is 0.297 e.